The van der Waals surface area contributed by atoms with Gasteiger partial charge in [-0.3, -0.25) is 4.79 Å². The highest BCUT2D eigenvalue weighted by Gasteiger charge is 2.13. The highest BCUT2D eigenvalue weighted by atomic mass is 79.9. The number of amides is 1. The predicted octanol–water partition coefficient (Wildman–Crippen LogP) is 3.13. The van der Waals surface area contributed by atoms with Crippen molar-refractivity contribution in [3.63, 3.8) is 0 Å². The summed E-state index contributed by atoms with van der Waals surface area (Å²) in [5.74, 6) is -1.41. The predicted molar refractivity (Wildman–Crippen MR) is 74.6 cm³/mol. The van der Waals surface area contributed by atoms with Crippen molar-refractivity contribution in [3.05, 3.63) is 52.3 Å². The van der Waals surface area contributed by atoms with Crippen molar-refractivity contribution in [2.45, 2.75) is 0 Å². The van der Waals surface area contributed by atoms with Crippen LogP contribution in [0.2, 0.25) is 0 Å². The fraction of sp³-hybridized carbons (Fsp3) is 0. The lowest BCUT2D eigenvalue weighted by Gasteiger charge is -2.08. The second kappa shape index (κ2) is 5.27. The van der Waals surface area contributed by atoms with E-state index in [9.17, 15) is 14.3 Å². The van der Waals surface area contributed by atoms with Gasteiger partial charge in [-0.15, -0.1) is 0 Å². The minimum absolute atomic E-state index is 0.0349. The Bertz CT molecular complexity index is 647. The highest BCUT2D eigenvalue weighted by Crippen LogP contribution is 2.24. The third-order valence-electron chi connectivity index (χ3n) is 2.44. The number of phenols is 1. The van der Waals surface area contributed by atoms with Crippen molar-refractivity contribution in [1.29, 1.82) is 0 Å². The number of rotatable bonds is 2. The number of phenolic OH excluding ortho intramolecular Hbond substituents is 1. The first-order valence-electron chi connectivity index (χ1n) is 5.32. The number of carbonyl (C=O) groups is 1. The number of aromatic hydroxyl groups is 1. The van der Waals surface area contributed by atoms with Crippen LogP contribution in [0.1, 0.15) is 10.4 Å². The Hall–Kier alpha value is -2.08. The molecule has 4 N–H and O–H groups in total. The van der Waals surface area contributed by atoms with Gasteiger partial charge in [0.1, 0.15) is 11.6 Å². The summed E-state index contributed by atoms with van der Waals surface area (Å²) in [6, 6.07) is 8.27. The average Bonchev–Trinajstić information content (AvgIpc) is 2.33. The molecule has 19 heavy (non-hydrogen) atoms. The zero-order chi connectivity index (χ0) is 14.0. The van der Waals surface area contributed by atoms with Crippen LogP contribution in [0, 0.1) is 5.82 Å². The van der Waals surface area contributed by atoms with Gasteiger partial charge in [0, 0.05) is 10.2 Å². The van der Waals surface area contributed by atoms with Crippen LogP contribution in [0.3, 0.4) is 0 Å². The van der Waals surface area contributed by atoms with Gasteiger partial charge in [0.15, 0.2) is 0 Å². The van der Waals surface area contributed by atoms with Crippen LogP contribution in [0.25, 0.3) is 0 Å². The van der Waals surface area contributed by atoms with Crippen LogP contribution < -0.4 is 11.1 Å². The molecule has 0 fully saturated rings. The SMILES string of the molecule is Nc1ccc(F)c(NC(=O)c2ccc(Br)cc2O)c1. The molecule has 2 rings (SSSR count). The molecule has 0 aliphatic carbocycles. The summed E-state index contributed by atoms with van der Waals surface area (Å²) in [7, 11) is 0. The standard InChI is InChI=1S/C13H10BrFN2O2/c14-7-1-3-9(12(18)5-7)13(19)17-11-6-8(16)2-4-10(11)15/h1-6,18H,16H2,(H,17,19). The number of halogens is 2. The summed E-state index contributed by atoms with van der Waals surface area (Å²) in [4.78, 5) is 11.9. The van der Waals surface area contributed by atoms with E-state index in [1.54, 1.807) is 6.07 Å². The Balaban J connectivity index is 2.28. The largest absolute Gasteiger partial charge is 0.507 e. The zero-order valence-electron chi connectivity index (χ0n) is 9.65. The summed E-state index contributed by atoms with van der Waals surface area (Å²) in [5.41, 5.74) is 5.86. The lowest BCUT2D eigenvalue weighted by molar-refractivity contribution is 0.102. The van der Waals surface area contributed by atoms with Crippen LogP contribution in [0.4, 0.5) is 15.8 Å². The van der Waals surface area contributed by atoms with Crippen LogP contribution in [-0.4, -0.2) is 11.0 Å². The number of nitrogens with one attached hydrogen (secondary N) is 1. The molecule has 0 aromatic heterocycles. The van der Waals surface area contributed by atoms with E-state index in [-0.39, 0.29) is 17.0 Å². The molecule has 0 radical (unpaired) electrons. The zero-order valence-corrected chi connectivity index (χ0v) is 11.2. The molecule has 0 bridgehead atoms. The normalized spacial score (nSPS) is 10.2. The molecule has 0 aliphatic rings. The quantitative estimate of drug-likeness (QED) is 0.743. The second-order valence-electron chi connectivity index (χ2n) is 3.85. The summed E-state index contributed by atoms with van der Waals surface area (Å²) in [6.45, 7) is 0. The van der Waals surface area contributed by atoms with E-state index in [2.05, 4.69) is 21.2 Å². The molecule has 2 aromatic rings. The topological polar surface area (TPSA) is 75.3 Å². The Morgan fingerprint density at radius 1 is 1.26 bits per heavy atom. The van der Waals surface area contributed by atoms with Crippen molar-refractivity contribution in [3.8, 4) is 5.75 Å². The van der Waals surface area contributed by atoms with Gasteiger partial charge in [-0.2, -0.15) is 0 Å². The van der Waals surface area contributed by atoms with E-state index in [0.717, 1.165) is 6.07 Å². The van der Waals surface area contributed by atoms with Crippen LogP contribution in [0.15, 0.2) is 40.9 Å². The van der Waals surface area contributed by atoms with Gasteiger partial charge in [-0.25, -0.2) is 4.39 Å². The minimum atomic E-state index is -0.616. The molecule has 2 aromatic carbocycles. The first kappa shape index (κ1) is 13.4. The van der Waals surface area contributed by atoms with E-state index in [1.807, 2.05) is 0 Å². The van der Waals surface area contributed by atoms with Crippen molar-refractivity contribution < 1.29 is 14.3 Å². The van der Waals surface area contributed by atoms with E-state index < -0.39 is 11.7 Å². The van der Waals surface area contributed by atoms with E-state index in [1.165, 1.54) is 24.3 Å². The molecule has 0 spiro atoms. The van der Waals surface area contributed by atoms with Gasteiger partial charge in [-0.1, -0.05) is 15.9 Å². The first-order valence-corrected chi connectivity index (χ1v) is 6.11. The van der Waals surface area contributed by atoms with Gasteiger partial charge in [-0.05, 0) is 36.4 Å². The lowest BCUT2D eigenvalue weighted by Crippen LogP contribution is -2.13. The van der Waals surface area contributed by atoms with Gasteiger partial charge < -0.3 is 16.2 Å². The lowest BCUT2D eigenvalue weighted by atomic mass is 10.2. The smallest absolute Gasteiger partial charge is 0.259 e. The maximum absolute atomic E-state index is 13.5. The molecular formula is C13H10BrFN2O2. The molecule has 6 heteroatoms. The van der Waals surface area contributed by atoms with Gasteiger partial charge in [0.05, 0.1) is 11.3 Å². The Morgan fingerprint density at radius 2 is 2.00 bits per heavy atom. The fourth-order valence-corrected chi connectivity index (χ4v) is 1.87. The number of benzene rings is 2. The monoisotopic (exact) mass is 324 g/mol. The van der Waals surface area contributed by atoms with Crippen LogP contribution in [-0.2, 0) is 0 Å². The van der Waals surface area contributed by atoms with Crippen molar-refractivity contribution in [2.75, 3.05) is 11.1 Å². The number of hydrogen-bond acceptors (Lipinski definition) is 3. The fourth-order valence-electron chi connectivity index (χ4n) is 1.53. The van der Waals surface area contributed by atoms with Gasteiger partial charge in [0.25, 0.3) is 5.91 Å². The molecule has 0 saturated heterocycles. The van der Waals surface area contributed by atoms with Crippen LogP contribution in [0.5, 0.6) is 5.75 Å². The molecule has 98 valence electrons. The van der Waals surface area contributed by atoms with E-state index >= 15 is 0 Å². The number of nitrogen functional groups attached to an aromatic ring is 1. The maximum Gasteiger partial charge on any atom is 0.259 e. The third kappa shape index (κ3) is 3.03. The number of nitrogens with two attached hydrogens (primary N) is 1. The molecule has 4 nitrogen and oxygen atoms in total. The third-order valence-corrected chi connectivity index (χ3v) is 2.94. The Labute approximate surface area is 117 Å². The van der Waals surface area contributed by atoms with E-state index in [4.69, 9.17) is 5.73 Å². The molecule has 0 unspecified atom stereocenters. The molecule has 0 aliphatic heterocycles. The molecular weight excluding hydrogens is 315 g/mol. The Morgan fingerprint density at radius 3 is 2.68 bits per heavy atom. The average molecular weight is 325 g/mol. The number of carbonyl (C=O) groups excluding carboxylic acids is 1. The van der Waals surface area contributed by atoms with Crippen molar-refractivity contribution in [2.24, 2.45) is 0 Å². The minimum Gasteiger partial charge on any atom is -0.507 e. The summed E-state index contributed by atoms with van der Waals surface area (Å²) < 4.78 is 14.1. The number of hydrogen-bond donors (Lipinski definition) is 3. The molecule has 0 atom stereocenters. The van der Waals surface area contributed by atoms with E-state index in [0.29, 0.717) is 10.2 Å². The summed E-state index contributed by atoms with van der Waals surface area (Å²) >= 11 is 3.17. The highest BCUT2D eigenvalue weighted by molar-refractivity contribution is 9.10. The van der Waals surface area contributed by atoms with Gasteiger partial charge in [0.2, 0.25) is 0 Å². The van der Waals surface area contributed by atoms with Crippen LogP contribution >= 0.6 is 15.9 Å². The molecule has 1 amide bonds. The first-order chi connectivity index (χ1) is 8.97. The van der Waals surface area contributed by atoms with Crippen molar-refractivity contribution >= 4 is 33.2 Å². The van der Waals surface area contributed by atoms with Crippen molar-refractivity contribution in [1.82, 2.24) is 0 Å². The number of anilines is 2. The van der Waals surface area contributed by atoms with Gasteiger partial charge >= 0.3 is 0 Å². The second-order valence-corrected chi connectivity index (χ2v) is 4.77. The summed E-state index contributed by atoms with van der Waals surface area (Å²) in [5, 5.41) is 12.0. The Kier molecular flexibility index (Phi) is 3.71. The molecule has 0 heterocycles. The summed E-state index contributed by atoms with van der Waals surface area (Å²) in [6.07, 6.45) is 0. The molecule has 0 saturated carbocycles. The maximum atomic E-state index is 13.5.